The van der Waals surface area contributed by atoms with Gasteiger partial charge in [-0.25, -0.2) is 0 Å². The highest BCUT2D eigenvalue weighted by atomic mass is 16.5. The molecule has 0 heterocycles. The first-order chi connectivity index (χ1) is 18.4. The Bertz CT molecular complexity index is 1400. The zero-order valence-electron chi connectivity index (χ0n) is 20.7. The van der Waals surface area contributed by atoms with Crippen molar-refractivity contribution < 1.29 is 24.2 Å². The van der Waals surface area contributed by atoms with Gasteiger partial charge in [0.15, 0.2) is 0 Å². The smallest absolute Gasteiger partial charge is 0.255 e. The molecule has 4 rings (SSSR count). The molecule has 8 heteroatoms. The van der Waals surface area contributed by atoms with Gasteiger partial charge in [-0.05, 0) is 66.2 Å². The summed E-state index contributed by atoms with van der Waals surface area (Å²) in [4.78, 5) is 39.4. The molecule has 8 nitrogen and oxygen atoms in total. The number of anilines is 2. The number of hydrogen-bond donors (Lipinski definition) is 4. The van der Waals surface area contributed by atoms with E-state index in [1.54, 1.807) is 92.0 Å². The highest BCUT2D eigenvalue weighted by Crippen LogP contribution is 2.19. The number of methoxy groups -OCH3 is 1. The van der Waals surface area contributed by atoms with Crippen LogP contribution in [0.5, 0.6) is 11.5 Å². The average molecular weight is 510 g/mol. The summed E-state index contributed by atoms with van der Waals surface area (Å²) in [7, 11) is 1.54. The summed E-state index contributed by atoms with van der Waals surface area (Å²) < 4.78 is 5.13. The van der Waals surface area contributed by atoms with Gasteiger partial charge in [0.2, 0.25) is 5.91 Å². The summed E-state index contributed by atoms with van der Waals surface area (Å²) in [6, 6.07) is 27.6. The first-order valence-corrected chi connectivity index (χ1v) is 11.9. The van der Waals surface area contributed by atoms with Gasteiger partial charge in [-0.1, -0.05) is 42.5 Å². The van der Waals surface area contributed by atoms with Gasteiger partial charge in [0, 0.05) is 17.7 Å². The predicted molar refractivity (Wildman–Crippen MR) is 146 cm³/mol. The van der Waals surface area contributed by atoms with E-state index < -0.39 is 23.8 Å². The first-order valence-electron chi connectivity index (χ1n) is 11.9. The van der Waals surface area contributed by atoms with Crippen molar-refractivity contribution in [3.05, 3.63) is 120 Å². The average Bonchev–Trinajstić information content (AvgIpc) is 2.94. The van der Waals surface area contributed by atoms with Crippen LogP contribution >= 0.6 is 0 Å². The molecule has 4 N–H and O–H groups in total. The Morgan fingerprint density at radius 3 is 2.11 bits per heavy atom. The van der Waals surface area contributed by atoms with E-state index in [4.69, 9.17) is 4.74 Å². The van der Waals surface area contributed by atoms with Gasteiger partial charge >= 0.3 is 0 Å². The number of para-hydroxylation sites is 2. The van der Waals surface area contributed by atoms with Crippen LogP contribution in [0.1, 0.15) is 26.3 Å². The summed E-state index contributed by atoms with van der Waals surface area (Å²) >= 11 is 0. The zero-order chi connectivity index (χ0) is 26.9. The van der Waals surface area contributed by atoms with E-state index in [2.05, 4.69) is 16.0 Å². The topological polar surface area (TPSA) is 117 Å². The number of carbonyl (C=O) groups excluding carboxylic acids is 3. The number of aromatic hydroxyl groups is 1. The fourth-order valence-electron chi connectivity index (χ4n) is 3.79. The molecular formula is C30H27N3O5. The number of ether oxygens (including phenoxy) is 1. The maximum atomic E-state index is 13.4. The van der Waals surface area contributed by atoms with Crippen molar-refractivity contribution in [2.75, 3.05) is 17.7 Å². The van der Waals surface area contributed by atoms with E-state index in [0.717, 1.165) is 5.56 Å². The Morgan fingerprint density at radius 2 is 1.42 bits per heavy atom. The number of nitrogens with one attached hydrogen (secondary N) is 3. The van der Waals surface area contributed by atoms with Crippen molar-refractivity contribution in [2.24, 2.45) is 0 Å². The molecular weight excluding hydrogens is 482 g/mol. The zero-order valence-corrected chi connectivity index (χ0v) is 20.7. The van der Waals surface area contributed by atoms with Crippen LogP contribution in [0, 0.1) is 0 Å². The minimum Gasteiger partial charge on any atom is -0.508 e. The highest BCUT2D eigenvalue weighted by molar-refractivity contribution is 6.10. The lowest BCUT2D eigenvalue weighted by Crippen LogP contribution is -2.45. The summed E-state index contributed by atoms with van der Waals surface area (Å²) in [6.07, 6.45) is 0.186. The van der Waals surface area contributed by atoms with Crippen LogP contribution in [0.2, 0.25) is 0 Å². The van der Waals surface area contributed by atoms with Crippen LogP contribution in [-0.2, 0) is 11.2 Å². The van der Waals surface area contributed by atoms with Gasteiger partial charge in [-0.15, -0.1) is 0 Å². The Labute approximate surface area is 220 Å². The number of hydrogen-bond acceptors (Lipinski definition) is 5. The number of benzene rings is 4. The van der Waals surface area contributed by atoms with Gasteiger partial charge in [-0.3, -0.25) is 14.4 Å². The van der Waals surface area contributed by atoms with E-state index in [0.29, 0.717) is 22.7 Å². The fourth-order valence-corrected chi connectivity index (χ4v) is 3.79. The van der Waals surface area contributed by atoms with Crippen LogP contribution in [0.25, 0.3) is 0 Å². The van der Waals surface area contributed by atoms with E-state index in [-0.39, 0.29) is 17.7 Å². The first kappa shape index (κ1) is 26.0. The lowest BCUT2D eigenvalue weighted by molar-refractivity contribution is -0.118. The third kappa shape index (κ3) is 6.76. The second kappa shape index (κ2) is 12.2. The van der Waals surface area contributed by atoms with Gasteiger partial charge < -0.3 is 25.8 Å². The number of rotatable bonds is 9. The van der Waals surface area contributed by atoms with E-state index in [1.165, 1.54) is 12.1 Å². The molecule has 0 aliphatic rings. The molecule has 0 bridgehead atoms. The van der Waals surface area contributed by atoms with Crippen molar-refractivity contribution in [2.45, 2.75) is 12.5 Å². The van der Waals surface area contributed by atoms with Crippen LogP contribution in [0.3, 0.4) is 0 Å². The van der Waals surface area contributed by atoms with E-state index >= 15 is 0 Å². The Balaban J connectivity index is 1.54. The minimum atomic E-state index is -0.933. The van der Waals surface area contributed by atoms with Crippen LogP contribution < -0.4 is 20.7 Å². The standard InChI is InChI=1S/C30H27N3O5/c1-38-24-17-13-21(14-18-24)28(35)32-26-10-6-5-9-25(26)29(36)33-27(19-20-11-15-23(34)16-12-20)30(37)31-22-7-3-2-4-8-22/h2-18,27,34H,19H2,1H3,(H,31,37)(H,32,35)(H,33,36)/t27-/m0/s1. The van der Waals surface area contributed by atoms with Crippen molar-refractivity contribution in [3.8, 4) is 11.5 Å². The Hall–Kier alpha value is -5.11. The maximum absolute atomic E-state index is 13.4. The second-order valence-corrected chi connectivity index (χ2v) is 8.48. The van der Waals surface area contributed by atoms with E-state index in [1.807, 2.05) is 6.07 Å². The third-order valence-corrected chi connectivity index (χ3v) is 5.81. The molecule has 4 aromatic rings. The molecule has 0 saturated carbocycles. The number of amides is 3. The van der Waals surface area contributed by atoms with Gasteiger partial charge in [-0.2, -0.15) is 0 Å². The Morgan fingerprint density at radius 1 is 0.763 bits per heavy atom. The molecule has 0 fully saturated rings. The summed E-state index contributed by atoms with van der Waals surface area (Å²) in [5.41, 5.74) is 2.25. The van der Waals surface area contributed by atoms with Crippen LogP contribution in [0.15, 0.2) is 103 Å². The molecule has 1 atom stereocenters. The quantitative estimate of drug-likeness (QED) is 0.262. The fraction of sp³-hybridized carbons (Fsp3) is 0.100. The van der Waals surface area contributed by atoms with Crippen molar-refractivity contribution in [1.29, 1.82) is 0 Å². The number of carbonyl (C=O) groups is 3. The van der Waals surface area contributed by atoms with Crippen molar-refractivity contribution >= 4 is 29.1 Å². The van der Waals surface area contributed by atoms with Crippen LogP contribution in [0.4, 0.5) is 11.4 Å². The SMILES string of the molecule is COc1ccc(C(=O)Nc2ccccc2C(=O)N[C@@H](Cc2ccc(O)cc2)C(=O)Nc2ccccc2)cc1. The second-order valence-electron chi connectivity index (χ2n) is 8.48. The molecule has 38 heavy (non-hydrogen) atoms. The predicted octanol–water partition coefficient (Wildman–Crippen LogP) is 4.63. The van der Waals surface area contributed by atoms with E-state index in [9.17, 15) is 19.5 Å². The Kier molecular flexibility index (Phi) is 8.35. The van der Waals surface area contributed by atoms with Gasteiger partial charge in [0.1, 0.15) is 17.5 Å². The summed E-state index contributed by atoms with van der Waals surface area (Å²) in [5.74, 6) is -0.602. The number of phenolic OH excluding ortho intramolecular Hbond substituents is 1. The van der Waals surface area contributed by atoms with Crippen molar-refractivity contribution in [3.63, 3.8) is 0 Å². The molecule has 192 valence electrons. The lowest BCUT2D eigenvalue weighted by Gasteiger charge is -2.20. The lowest BCUT2D eigenvalue weighted by atomic mass is 10.0. The molecule has 0 spiro atoms. The molecule has 0 unspecified atom stereocenters. The summed E-state index contributed by atoms with van der Waals surface area (Å²) in [6.45, 7) is 0. The minimum absolute atomic E-state index is 0.101. The molecule has 0 aromatic heterocycles. The molecule has 3 amide bonds. The summed E-state index contributed by atoms with van der Waals surface area (Å²) in [5, 5.41) is 18.0. The number of phenols is 1. The van der Waals surface area contributed by atoms with Crippen LogP contribution in [-0.4, -0.2) is 36.0 Å². The largest absolute Gasteiger partial charge is 0.508 e. The highest BCUT2D eigenvalue weighted by Gasteiger charge is 2.24. The maximum Gasteiger partial charge on any atom is 0.255 e. The van der Waals surface area contributed by atoms with Gasteiger partial charge in [0.25, 0.3) is 11.8 Å². The van der Waals surface area contributed by atoms with Crippen molar-refractivity contribution in [1.82, 2.24) is 5.32 Å². The monoisotopic (exact) mass is 509 g/mol. The molecule has 0 radical (unpaired) electrons. The third-order valence-electron chi connectivity index (χ3n) is 5.81. The molecule has 0 saturated heterocycles. The normalized spacial score (nSPS) is 11.2. The molecule has 0 aliphatic heterocycles. The van der Waals surface area contributed by atoms with Gasteiger partial charge in [0.05, 0.1) is 18.4 Å². The molecule has 4 aromatic carbocycles. The molecule has 0 aliphatic carbocycles.